The Morgan fingerprint density at radius 3 is 3.00 bits per heavy atom. The molecular weight excluding hydrogens is 263 g/mol. The molecule has 0 saturated carbocycles. The fourth-order valence-electron chi connectivity index (χ4n) is 2.00. The minimum absolute atomic E-state index is 0.0378. The van der Waals surface area contributed by atoms with Crippen LogP contribution in [0.4, 0.5) is 0 Å². The molecule has 6 heteroatoms. The Labute approximate surface area is 109 Å². The molecule has 17 heavy (non-hydrogen) atoms. The number of hydrogen-bond donors (Lipinski definition) is 1. The summed E-state index contributed by atoms with van der Waals surface area (Å²) in [6.07, 6.45) is 1.69. The number of halogens is 2. The predicted molar refractivity (Wildman–Crippen MR) is 65.4 cm³/mol. The number of nitrogens with zero attached hydrogens (tertiary/aromatic N) is 2. The van der Waals surface area contributed by atoms with E-state index < -0.39 is 0 Å². The van der Waals surface area contributed by atoms with Gasteiger partial charge >= 0.3 is 0 Å². The maximum atomic E-state index is 12.2. The van der Waals surface area contributed by atoms with Crippen LogP contribution in [-0.4, -0.2) is 40.1 Å². The molecule has 1 atom stereocenters. The molecule has 1 fully saturated rings. The van der Waals surface area contributed by atoms with Gasteiger partial charge in [0, 0.05) is 6.54 Å². The minimum atomic E-state index is -0.269. The summed E-state index contributed by atoms with van der Waals surface area (Å²) < 4.78 is 0. The molecule has 0 radical (unpaired) electrons. The Kier molecular flexibility index (Phi) is 3.86. The molecule has 0 aromatic carbocycles. The Balaban J connectivity index is 2.27. The highest BCUT2D eigenvalue weighted by Crippen LogP contribution is 2.23. The normalized spacial score (nSPS) is 19.7. The number of rotatable bonds is 2. The first-order valence-electron chi connectivity index (χ1n) is 5.37. The monoisotopic (exact) mass is 274 g/mol. The van der Waals surface area contributed by atoms with Gasteiger partial charge in [-0.2, -0.15) is 0 Å². The molecule has 0 unspecified atom stereocenters. The third kappa shape index (κ3) is 2.54. The van der Waals surface area contributed by atoms with Crippen LogP contribution in [0.3, 0.4) is 0 Å². The van der Waals surface area contributed by atoms with E-state index in [9.17, 15) is 9.90 Å². The fraction of sp³-hybridized carbons (Fsp3) is 0.455. The summed E-state index contributed by atoms with van der Waals surface area (Å²) in [4.78, 5) is 17.7. The summed E-state index contributed by atoms with van der Waals surface area (Å²) in [5.74, 6) is -0.269. The summed E-state index contributed by atoms with van der Waals surface area (Å²) >= 11 is 11.7. The highest BCUT2D eigenvalue weighted by Gasteiger charge is 2.30. The number of aliphatic hydroxyl groups excluding tert-OH is 1. The van der Waals surface area contributed by atoms with Gasteiger partial charge in [-0.15, -0.1) is 0 Å². The Bertz CT molecular complexity index is 439. The predicted octanol–water partition coefficient (Wildman–Crippen LogP) is 1.99. The number of carbonyl (C=O) groups is 1. The molecule has 1 amide bonds. The van der Waals surface area contributed by atoms with E-state index in [4.69, 9.17) is 23.2 Å². The maximum Gasteiger partial charge on any atom is 0.274 e. The minimum Gasteiger partial charge on any atom is -0.394 e. The summed E-state index contributed by atoms with van der Waals surface area (Å²) in [6.45, 7) is 0.582. The van der Waals surface area contributed by atoms with Gasteiger partial charge < -0.3 is 10.0 Å². The molecule has 1 aromatic rings. The van der Waals surface area contributed by atoms with E-state index >= 15 is 0 Å². The van der Waals surface area contributed by atoms with Crippen LogP contribution in [0.25, 0.3) is 0 Å². The second-order valence-corrected chi connectivity index (χ2v) is 4.74. The van der Waals surface area contributed by atoms with Crippen molar-refractivity contribution in [2.45, 2.75) is 18.9 Å². The van der Waals surface area contributed by atoms with Gasteiger partial charge in [0.2, 0.25) is 0 Å². The van der Waals surface area contributed by atoms with Crippen molar-refractivity contribution < 1.29 is 9.90 Å². The highest BCUT2D eigenvalue weighted by molar-refractivity contribution is 6.34. The highest BCUT2D eigenvalue weighted by atomic mass is 35.5. The Morgan fingerprint density at radius 1 is 1.53 bits per heavy atom. The van der Waals surface area contributed by atoms with Crippen LogP contribution < -0.4 is 0 Å². The smallest absolute Gasteiger partial charge is 0.274 e. The zero-order chi connectivity index (χ0) is 12.4. The molecule has 1 N–H and O–H groups in total. The van der Waals surface area contributed by atoms with E-state index in [1.54, 1.807) is 11.0 Å². The number of amides is 1. The average Bonchev–Trinajstić information content (AvgIpc) is 2.79. The lowest BCUT2D eigenvalue weighted by Gasteiger charge is -2.22. The number of aliphatic hydroxyl groups is 1. The van der Waals surface area contributed by atoms with Gasteiger partial charge in [0.15, 0.2) is 0 Å². The Morgan fingerprint density at radius 2 is 2.29 bits per heavy atom. The van der Waals surface area contributed by atoms with Gasteiger partial charge in [0.1, 0.15) is 10.8 Å². The van der Waals surface area contributed by atoms with Crippen LogP contribution in [0.5, 0.6) is 0 Å². The van der Waals surface area contributed by atoms with E-state index in [0.717, 1.165) is 12.8 Å². The molecule has 0 spiro atoms. The fourth-order valence-corrected chi connectivity index (χ4v) is 2.33. The van der Waals surface area contributed by atoms with Gasteiger partial charge in [-0.3, -0.25) is 4.79 Å². The summed E-state index contributed by atoms with van der Waals surface area (Å²) in [6, 6.07) is 2.95. The van der Waals surface area contributed by atoms with Crippen molar-refractivity contribution in [1.82, 2.24) is 9.88 Å². The van der Waals surface area contributed by atoms with E-state index in [2.05, 4.69) is 4.98 Å². The number of pyridine rings is 1. The van der Waals surface area contributed by atoms with E-state index in [-0.39, 0.29) is 34.4 Å². The number of hydrogen-bond acceptors (Lipinski definition) is 3. The van der Waals surface area contributed by atoms with Crippen molar-refractivity contribution in [1.29, 1.82) is 0 Å². The van der Waals surface area contributed by atoms with Gasteiger partial charge in [-0.1, -0.05) is 23.2 Å². The van der Waals surface area contributed by atoms with E-state index in [0.29, 0.717) is 6.54 Å². The van der Waals surface area contributed by atoms with E-state index in [1.165, 1.54) is 6.07 Å². The van der Waals surface area contributed by atoms with Gasteiger partial charge in [-0.25, -0.2) is 4.98 Å². The SMILES string of the molecule is O=C(c1nc(Cl)ccc1Cl)N1CCC[C@H]1CO. The maximum absolute atomic E-state index is 12.2. The molecule has 4 nitrogen and oxygen atoms in total. The van der Waals surface area contributed by atoms with Gasteiger partial charge in [0.05, 0.1) is 17.7 Å². The van der Waals surface area contributed by atoms with Gasteiger partial charge in [0.25, 0.3) is 5.91 Å². The second kappa shape index (κ2) is 5.21. The third-order valence-electron chi connectivity index (χ3n) is 2.86. The molecule has 0 aliphatic carbocycles. The lowest BCUT2D eigenvalue weighted by Crippen LogP contribution is -2.38. The lowest BCUT2D eigenvalue weighted by atomic mass is 10.2. The van der Waals surface area contributed by atoms with Crippen LogP contribution >= 0.6 is 23.2 Å². The molecule has 1 aromatic heterocycles. The molecule has 2 heterocycles. The third-order valence-corrected chi connectivity index (χ3v) is 3.38. The molecular formula is C11H12Cl2N2O2. The quantitative estimate of drug-likeness (QED) is 0.840. The number of carbonyl (C=O) groups excluding carboxylic acids is 1. The van der Waals surface area contributed by atoms with Crippen molar-refractivity contribution >= 4 is 29.1 Å². The van der Waals surface area contributed by atoms with Crippen molar-refractivity contribution in [2.24, 2.45) is 0 Å². The first-order valence-corrected chi connectivity index (χ1v) is 6.13. The van der Waals surface area contributed by atoms with E-state index in [1.807, 2.05) is 0 Å². The average molecular weight is 275 g/mol. The zero-order valence-corrected chi connectivity index (χ0v) is 10.6. The van der Waals surface area contributed by atoms with Crippen LogP contribution in [-0.2, 0) is 0 Å². The first kappa shape index (κ1) is 12.6. The Hall–Kier alpha value is -0.840. The van der Waals surface area contributed by atoms with Crippen LogP contribution in [0, 0.1) is 0 Å². The molecule has 1 aliphatic heterocycles. The zero-order valence-electron chi connectivity index (χ0n) is 9.07. The van der Waals surface area contributed by atoms with Crippen LogP contribution in [0.15, 0.2) is 12.1 Å². The van der Waals surface area contributed by atoms with Gasteiger partial charge in [-0.05, 0) is 25.0 Å². The molecule has 1 aliphatic rings. The molecule has 92 valence electrons. The molecule has 0 bridgehead atoms. The summed E-state index contributed by atoms with van der Waals surface area (Å²) in [5.41, 5.74) is 0.152. The van der Waals surface area contributed by atoms with Crippen LogP contribution in [0.2, 0.25) is 10.2 Å². The van der Waals surface area contributed by atoms with Crippen molar-refractivity contribution in [3.8, 4) is 0 Å². The lowest BCUT2D eigenvalue weighted by molar-refractivity contribution is 0.0672. The number of aromatic nitrogens is 1. The molecule has 2 rings (SSSR count). The summed E-state index contributed by atoms with van der Waals surface area (Å²) in [7, 11) is 0. The van der Waals surface area contributed by atoms with Crippen LogP contribution in [0.1, 0.15) is 23.3 Å². The first-order chi connectivity index (χ1) is 8.13. The second-order valence-electron chi connectivity index (χ2n) is 3.94. The standard InChI is InChI=1S/C11H12Cl2N2O2/c12-8-3-4-9(13)14-10(8)11(17)15-5-1-2-7(15)6-16/h3-4,7,16H,1-2,5-6H2/t7-/m0/s1. The molecule has 1 saturated heterocycles. The largest absolute Gasteiger partial charge is 0.394 e. The summed E-state index contributed by atoms with van der Waals surface area (Å²) in [5, 5.41) is 9.70. The van der Waals surface area contributed by atoms with Crippen molar-refractivity contribution in [2.75, 3.05) is 13.2 Å². The topological polar surface area (TPSA) is 53.4 Å². The number of likely N-dealkylation sites (tertiary alicyclic amines) is 1. The van der Waals surface area contributed by atoms with Crippen molar-refractivity contribution in [3.63, 3.8) is 0 Å². The van der Waals surface area contributed by atoms with Crippen molar-refractivity contribution in [3.05, 3.63) is 28.0 Å².